The number of nitrogens with zero attached hydrogens (tertiary/aromatic N) is 6. The molecule has 6 nitrogen and oxygen atoms in total. The molecule has 0 fully saturated rings. The van der Waals surface area contributed by atoms with Crippen LogP contribution in [0.3, 0.4) is 0 Å². The molecule has 8 aromatic rings. The number of fused-ring (bicyclic) bond motifs is 12. The maximum atomic E-state index is 5.04. The number of para-hydroxylation sites is 2. The van der Waals surface area contributed by atoms with Crippen LogP contribution >= 0.6 is 0 Å². The number of imidazole rings is 2. The number of aromatic nitrogens is 6. The minimum absolute atomic E-state index is 0.801. The monoisotopic (exact) mass is 464 g/mol. The average Bonchev–Trinajstić information content (AvgIpc) is 3.58. The normalized spacial score (nSPS) is 12.1. The van der Waals surface area contributed by atoms with E-state index in [0.29, 0.717) is 0 Å². The summed E-state index contributed by atoms with van der Waals surface area (Å²) < 4.78 is 4.40. The summed E-state index contributed by atoms with van der Waals surface area (Å²) in [7, 11) is 0. The van der Waals surface area contributed by atoms with Gasteiger partial charge in [0, 0.05) is 46.3 Å². The van der Waals surface area contributed by atoms with E-state index in [9.17, 15) is 0 Å². The van der Waals surface area contributed by atoms with Gasteiger partial charge in [0.05, 0.1) is 33.5 Å². The lowest BCUT2D eigenvalue weighted by Crippen LogP contribution is -1.91. The number of benzene rings is 2. The summed E-state index contributed by atoms with van der Waals surface area (Å²) in [5.74, 6) is 0. The molecule has 0 radical (unpaired) electrons. The molecule has 0 amide bonds. The molecule has 0 aliphatic heterocycles. The fourth-order valence-corrected chi connectivity index (χ4v) is 5.47. The summed E-state index contributed by atoms with van der Waals surface area (Å²) in [6, 6.07) is 24.9. The Labute approximate surface area is 205 Å². The summed E-state index contributed by atoms with van der Waals surface area (Å²) in [5, 5.41) is 4.41. The Morgan fingerprint density at radius 2 is 0.944 bits per heavy atom. The lowest BCUT2D eigenvalue weighted by molar-refractivity contribution is 0.901. The molecule has 0 atom stereocenters. The molecule has 0 saturated carbocycles. The van der Waals surface area contributed by atoms with E-state index in [2.05, 4.69) is 91.8 Å². The number of rotatable bonds is 3. The van der Waals surface area contributed by atoms with Crippen molar-refractivity contribution < 1.29 is 0 Å². The van der Waals surface area contributed by atoms with Gasteiger partial charge in [-0.2, -0.15) is 0 Å². The standard InChI is InChI=1S/C30H20N6/c1-3-11-25-21(7-1)27-23(9-5-15-31-27)29-33-19(17-35(25)29)13-14-20-18-36-26-12-4-2-8-22(26)28-24(30(36)34-20)10-6-16-32-28/h1-12,15-18H,13-14H2. The highest BCUT2D eigenvalue weighted by atomic mass is 15.0. The minimum atomic E-state index is 0.801. The molecule has 6 aromatic heterocycles. The summed E-state index contributed by atoms with van der Waals surface area (Å²) in [4.78, 5) is 19.4. The van der Waals surface area contributed by atoms with Crippen molar-refractivity contribution in [3.63, 3.8) is 0 Å². The van der Waals surface area contributed by atoms with Crippen molar-refractivity contribution in [2.45, 2.75) is 12.8 Å². The molecule has 6 heterocycles. The van der Waals surface area contributed by atoms with Crippen molar-refractivity contribution in [2.75, 3.05) is 0 Å². The van der Waals surface area contributed by atoms with Gasteiger partial charge in [0.1, 0.15) is 11.3 Å². The second kappa shape index (κ2) is 7.33. The Morgan fingerprint density at radius 1 is 0.500 bits per heavy atom. The third-order valence-electron chi connectivity index (χ3n) is 7.08. The molecular formula is C30H20N6. The largest absolute Gasteiger partial charge is 0.299 e. The SMILES string of the molecule is c1ccc2c(c1)c1ncccc1c1nc(CCc3cn4c5ccccc5c5ncccc5c4n3)cn21. The number of hydrogen-bond acceptors (Lipinski definition) is 4. The summed E-state index contributed by atoms with van der Waals surface area (Å²) >= 11 is 0. The fourth-order valence-electron chi connectivity index (χ4n) is 5.47. The van der Waals surface area contributed by atoms with Crippen molar-refractivity contribution in [2.24, 2.45) is 0 Å². The molecule has 8 rings (SSSR count). The molecule has 6 heteroatoms. The summed E-state index contributed by atoms with van der Waals surface area (Å²) in [6.45, 7) is 0. The maximum Gasteiger partial charge on any atom is 0.147 e. The quantitative estimate of drug-likeness (QED) is 0.293. The predicted molar refractivity (Wildman–Crippen MR) is 143 cm³/mol. The van der Waals surface area contributed by atoms with Gasteiger partial charge in [0.2, 0.25) is 0 Å². The highest BCUT2D eigenvalue weighted by Crippen LogP contribution is 2.29. The first-order valence-electron chi connectivity index (χ1n) is 12.1. The van der Waals surface area contributed by atoms with Crippen molar-refractivity contribution in [1.82, 2.24) is 28.7 Å². The zero-order valence-corrected chi connectivity index (χ0v) is 19.3. The third-order valence-corrected chi connectivity index (χ3v) is 7.08. The van der Waals surface area contributed by atoms with Gasteiger partial charge < -0.3 is 0 Å². The van der Waals surface area contributed by atoms with E-state index < -0.39 is 0 Å². The van der Waals surface area contributed by atoms with Gasteiger partial charge in [-0.25, -0.2) is 9.97 Å². The van der Waals surface area contributed by atoms with Crippen LogP contribution in [-0.2, 0) is 12.8 Å². The minimum Gasteiger partial charge on any atom is -0.299 e. The van der Waals surface area contributed by atoms with Gasteiger partial charge in [0.15, 0.2) is 0 Å². The van der Waals surface area contributed by atoms with Crippen LogP contribution in [0.1, 0.15) is 11.4 Å². The molecule has 0 aliphatic carbocycles. The highest BCUT2D eigenvalue weighted by Gasteiger charge is 2.15. The van der Waals surface area contributed by atoms with Gasteiger partial charge in [-0.05, 0) is 49.2 Å². The highest BCUT2D eigenvalue weighted by molar-refractivity contribution is 6.10. The van der Waals surface area contributed by atoms with Crippen LogP contribution in [0.15, 0.2) is 97.6 Å². The van der Waals surface area contributed by atoms with E-state index in [0.717, 1.165) is 79.1 Å². The lowest BCUT2D eigenvalue weighted by Gasteiger charge is -2.06. The van der Waals surface area contributed by atoms with Crippen LogP contribution in [0.5, 0.6) is 0 Å². The fraction of sp³-hybridized carbons (Fsp3) is 0.0667. The number of aryl methyl sites for hydroxylation is 2. The Hall–Kier alpha value is -4.84. The topological polar surface area (TPSA) is 60.4 Å². The zero-order chi connectivity index (χ0) is 23.6. The van der Waals surface area contributed by atoms with Gasteiger partial charge in [-0.3, -0.25) is 18.8 Å². The first-order chi connectivity index (χ1) is 17.8. The molecule has 0 spiro atoms. The average molecular weight is 465 g/mol. The van der Waals surface area contributed by atoms with Crippen LogP contribution in [0.25, 0.3) is 54.9 Å². The van der Waals surface area contributed by atoms with E-state index in [4.69, 9.17) is 9.97 Å². The molecule has 170 valence electrons. The molecule has 36 heavy (non-hydrogen) atoms. The van der Waals surface area contributed by atoms with Gasteiger partial charge in [-0.1, -0.05) is 36.4 Å². The first-order valence-corrected chi connectivity index (χ1v) is 12.1. The molecule has 0 aliphatic rings. The van der Waals surface area contributed by atoms with E-state index >= 15 is 0 Å². The zero-order valence-electron chi connectivity index (χ0n) is 19.3. The van der Waals surface area contributed by atoms with Crippen LogP contribution in [-0.4, -0.2) is 28.7 Å². The second-order valence-electron chi connectivity index (χ2n) is 9.19. The first kappa shape index (κ1) is 19.5. The molecule has 2 aromatic carbocycles. The smallest absolute Gasteiger partial charge is 0.147 e. The molecule has 0 bridgehead atoms. The molecule has 0 unspecified atom stereocenters. The second-order valence-corrected chi connectivity index (χ2v) is 9.19. The van der Waals surface area contributed by atoms with Crippen molar-refractivity contribution >= 4 is 54.9 Å². The van der Waals surface area contributed by atoms with Gasteiger partial charge >= 0.3 is 0 Å². The molecule has 0 N–H and O–H groups in total. The Balaban J connectivity index is 1.25. The lowest BCUT2D eigenvalue weighted by atomic mass is 10.1. The third kappa shape index (κ3) is 2.72. The molecule has 0 saturated heterocycles. The van der Waals surface area contributed by atoms with Crippen molar-refractivity contribution in [1.29, 1.82) is 0 Å². The Morgan fingerprint density at radius 3 is 1.44 bits per heavy atom. The van der Waals surface area contributed by atoms with E-state index in [1.54, 1.807) is 0 Å². The summed E-state index contributed by atoms with van der Waals surface area (Å²) in [6.07, 6.45) is 9.62. The van der Waals surface area contributed by atoms with E-state index in [-0.39, 0.29) is 0 Å². The van der Waals surface area contributed by atoms with E-state index in [1.807, 2.05) is 24.5 Å². The van der Waals surface area contributed by atoms with Crippen LogP contribution in [0, 0.1) is 0 Å². The Kier molecular flexibility index (Phi) is 3.96. The van der Waals surface area contributed by atoms with Crippen LogP contribution in [0.4, 0.5) is 0 Å². The van der Waals surface area contributed by atoms with Crippen LogP contribution < -0.4 is 0 Å². The maximum absolute atomic E-state index is 5.04. The Bertz CT molecular complexity index is 1820. The number of hydrogen-bond donors (Lipinski definition) is 0. The van der Waals surface area contributed by atoms with Gasteiger partial charge in [-0.15, -0.1) is 0 Å². The van der Waals surface area contributed by atoms with Crippen molar-refractivity contribution in [3.05, 3.63) is 109 Å². The van der Waals surface area contributed by atoms with Crippen molar-refractivity contribution in [3.8, 4) is 0 Å². The molecular weight excluding hydrogens is 444 g/mol. The number of pyridine rings is 4. The summed E-state index contributed by atoms with van der Waals surface area (Å²) in [5.41, 5.74) is 8.21. The predicted octanol–water partition coefficient (Wildman–Crippen LogP) is 6.17. The van der Waals surface area contributed by atoms with Gasteiger partial charge in [0.25, 0.3) is 0 Å². The van der Waals surface area contributed by atoms with E-state index in [1.165, 1.54) is 0 Å². The van der Waals surface area contributed by atoms with Crippen LogP contribution in [0.2, 0.25) is 0 Å².